The lowest BCUT2D eigenvalue weighted by Gasteiger charge is -2.31. The van der Waals surface area contributed by atoms with E-state index >= 15 is 0 Å². The number of nitrogen functional groups attached to an aromatic ring is 1. The number of aliphatic hydroxyl groups is 1. The molecule has 1 saturated carbocycles. The lowest BCUT2D eigenvalue weighted by atomic mass is 9.89. The molecule has 1 amide bonds. The van der Waals surface area contributed by atoms with Crippen LogP contribution in [0, 0.1) is 5.92 Å². The first-order valence-electron chi connectivity index (χ1n) is 13.1. The molecule has 2 atom stereocenters. The quantitative estimate of drug-likeness (QED) is 0.607. The third kappa shape index (κ3) is 5.52. The normalized spacial score (nSPS) is 28.2. The standard InChI is InChI=1S/C28H38N4O3/c1-18-16-32(23-10-12-35-13-11-23)17-26(18)20-4-2-19(3-5-20)21-14-25(27(29)30-15-21)28(34)31-22-6-8-24(33)9-7-22/h2-5,14-15,18,22-24,26,33H,6-13,16-17H2,1H3,(H2,29,30)(H,31,34)/t18-,22-,24-,26-/m1/s1. The molecule has 1 aromatic carbocycles. The van der Waals surface area contributed by atoms with E-state index in [0.29, 0.717) is 23.4 Å². The van der Waals surface area contributed by atoms with Crippen LogP contribution in [0.5, 0.6) is 0 Å². The van der Waals surface area contributed by atoms with Crippen molar-refractivity contribution in [1.82, 2.24) is 15.2 Å². The van der Waals surface area contributed by atoms with Crippen LogP contribution in [-0.4, -0.2) is 65.4 Å². The summed E-state index contributed by atoms with van der Waals surface area (Å²) in [5.41, 5.74) is 9.77. The van der Waals surface area contributed by atoms with Crippen molar-refractivity contribution in [2.45, 2.75) is 69.6 Å². The summed E-state index contributed by atoms with van der Waals surface area (Å²) in [5, 5.41) is 12.8. The van der Waals surface area contributed by atoms with Crippen molar-refractivity contribution in [2.75, 3.05) is 32.0 Å². The van der Waals surface area contributed by atoms with Gasteiger partial charge in [-0.15, -0.1) is 0 Å². The molecule has 7 nitrogen and oxygen atoms in total. The maximum Gasteiger partial charge on any atom is 0.255 e. The molecule has 2 aromatic rings. The molecule has 2 aliphatic heterocycles. The number of nitrogens with one attached hydrogen (secondary N) is 1. The van der Waals surface area contributed by atoms with E-state index in [-0.39, 0.29) is 23.9 Å². The van der Waals surface area contributed by atoms with Crippen LogP contribution in [0.2, 0.25) is 0 Å². The van der Waals surface area contributed by atoms with Crippen LogP contribution in [0.4, 0.5) is 5.82 Å². The number of benzene rings is 1. The van der Waals surface area contributed by atoms with Crippen LogP contribution < -0.4 is 11.1 Å². The number of pyridine rings is 1. The summed E-state index contributed by atoms with van der Waals surface area (Å²) in [7, 11) is 0. The number of ether oxygens (including phenoxy) is 1. The zero-order valence-electron chi connectivity index (χ0n) is 20.7. The number of likely N-dealkylation sites (tertiary alicyclic amines) is 1. The fourth-order valence-electron chi connectivity index (χ4n) is 6.01. The van der Waals surface area contributed by atoms with E-state index in [2.05, 4.69) is 46.4 Å². The monoisotopic (exact) mass is 478 g/mol. The zero-order valence-corrected chi connectivity index (χ0v) is 20.7. The Morgan fingerprint density at radius 3 is 2.49 bits per heavy atom. The predicted molar refractivity (Wildman–Crippen MR) is 137 cm³/mol. The molecule has 3 aliphatic rings. The first-order chi connectivity index (χ1) is 17.0. The molecule has 3 heterocycles. The Bertz CT molecular complexity index is 1010. The van der Waals surface area contributed by atoms with Crippen molar-refractivity contribution in [3.05, 3.63) is 47.7 Å². The summed E-state index contributed by atoms with van der Waals surface area (Å²) in [4.78, 5) is 19.9. The molecule has 35 heavy (non-hydrogen) atoms. The van der Waals surface area contributed by atoms with Gasteiger partial charge in [0.2, 0.25) is 0 Å². The number of nitrogens with two attached hydrogens (primary N) is 1. The first-order valence-corrected chi connectivity index (χ1v) is 13.1. The Kier molecular flexibility index (Phi) is 7.37. The third-order valence-electron chi connectivity index (χ3n) is 8.22. The lowest BCUT2D eigenvalue weighted by Crippen LogP contribution is -2.38. The topological polar surface area (TPSA) is 101 Å². The average Bonchev–Trinajstić information content (AvgIpc) is 3.28. The highest BCUT2D eigenvalue weighted by Gasteiger charge is 2.35. The molecule has 0 unspecified atom stereocenters. The summed E-state index contributed by atoms with van der Waals surface area (Å²) < 4.78 is 5.55. The second-order valence-electron chi connectivity index (χ2n) is 10.6. The Morgan fingerprint density at radius 1 is 1.06 bits per heavy atom. The maximum absolute atomic E-state index is 12.9. The largest absolute Gasteiger partial charge is 0.393 e. The number of amides is 1. The smallest absolute Gasteiger partial charge is 0.255 e. The molecule has 7 heteroatoms. The van der Waals surface area contributed by atoms with E-state index in [1.807, 2.05) is 6.07 Å². The van der Waals surface area contributed by atoms with Gasteiger partial charge >= 0.3 is 0 Å². The fourth-order valence-corrected chi connectivity index (χ4v) is 6.01. The van der Waals surface area contributed by atoms with E-state index in [1.165, 1.54) is 5.56 Å². The van der Waals surface area contributed by atoms with Gasteiger partial charge in [-0.25, -0.2) is 4.98 Å². The van der Waals surface area contributed by atoms with Crippen LogP contribution in [-0.2, 0) is 4.74 Å². The van der Waals surface area contributed by atoms with Gasteiger partial charge in [-0.05, 0) is 61.6 Å². The van der Waals surface area contributed by atoms with Gasteiger partial charge in [-0.1, -0.05) is 31.2 Å². The lowest BCUT2D eigenvalue weighted by molar-refractivity contribution is 0.0411. The van der Waals surface area contributed by atoms with Gasteiger partial charge in [-0.2, -0.15) is 0 Å². The average molecular weight is 479 g/mol. The minimum absolute atomic E-state index is 0.0716. The number of nitrogens with zero attached hydrogens (tertiary/aromatic N) is 2. The van der Waals surface area contributed by atoms with Gasteiger partial charge < -0.3 is 20.9 Å². The van der Waals surface area contributed by atoms with Crippen molar-refractivity contribution in [1.29, 1.82) is 0 Å². The second-order valence-corrected chi connectivity index (χ2v) is 10.6. The van der Waals surface area contributed by atoms with Gasteiger partial charge in [0.25, 0.3) is 5.91 Å². The molecule has 188 valence electrons. The van der Waals surface area contributed by atoms with E-state index in [4.69, 9.17) is 10.5 Å². The summed E-state index contributed by atoms with van der Waals surface area (Å²) in [6.45, 7) is 6.39. The minimum Gasteiger partial charge on any atom is -0.393 e. The Labute approximate surface area is 208 Å². The van der Waals surface area contributed by atoms with Gasteiger partial charge in [-0.3, -0.25) is 9.69 Å². The molecule has 0 bridgehead atoms. The Morgan fingerprint density at radius 2 is 1.77 bits per heavy atom. The molecule has 1 aromatic heterocycles. The van der Waals surface area contributed by atoms with Gasteiger partial charge in [0.15, 0.2) is 0 Å². The highest BCUT2D eigenvalue weighted by molar-refractivity contribution is 5.99. The van der Waals surface area contributed by atoms with Crippen molar-refractivity contribution in [2.24, 2.45) is 5.92 Å². The molecule has 2 saturated heterocycles. The molecule has 0 spiro atoms. The second kappa shape index (κ2) is 10.6. The number of aliphatic hydroxyl groups excluding tert-OH is 1. The van der Waals surface area contributed by atoms with Crippen LogP contribution in [0.3, 0.4) is 0 Å². The highest BCUT2D eigenvalue weighted by Crippen LogP contribution is 2.36. The Hall–Kier alpha value is -2.48. The predicted octanol–water partition coefficient (Wildman–Crippen LogP) is 3.58. The number of hydrogen-bond donors (Lipinski definition) is 3. The minimum atomic E-state index is -0.252. The zero-order chi connectivity index (χ0) is 24.4. The van der Waals surface area contributed by atoms with Crippen LogP contribution in [0.1, 0.15) is 67.3 Å². The molecule has 1 aliphatic carbocycles. The van der Waals surface area contributed by atoms with Crippen molar-refractivity contribution >= 4 is 11.7 Å². The number of aromatic nitrogens is 1. The molecule has 0 radical (unpaired) electrons. The number of hydrogen-bond acceptors (Lipinski definition) is 6. The van der Waals surface area contributed by atoms with Gasteiger partial charge in [0, 0.05) is 56.1 Å². The van der Waals surface area contributed by atoms with E-state index in [1.54, 1.807) is 6.20 Å². The van der Waals surface area contributed by atoms with Crippen LogP contribution >= 0.6 is 0 Å². The number of carbonyl (C=O) groups is 1. The number of carbonyl (C=O) groups excluding carboxylic acids is 1. The molecular weight excluding hydrogens is 440 g/mol. The molecule has 3 fully saturated rings. The summed E-state index contributed by atoms with van der Waals surface area (Å²) in [6, 6.07) is 11.3. The molecule has 5 rings (SSSR count). The Balaban J connectivity index is 1.26. The first kappa shape index (κ1) is 24.2. The summed E-state index contributed by atoms with van der Waals surface area (Å²) in [6.07, 6.45) is 6.78. The maximum atomic E-state index is 12.9. The summed E-state index contributed by atoms with van der Waals surface area (Å²) >= 11 is 0. The van der Waals surface area contributed by atoms with Crippen molar-refractivity contribution in [3.63, 3.8) is 0 Å². The van der Waals surface area contributed by atoms with Crippen LogP contribution in [0.25, 0.3) is 11.1 Å². The fraction of sp³-hybridized carbons (Fsp3) is 0.571. The van der Waals surface area contributed by atoms with Gasteiger partial charge in [0.1, 0.15) is 5.82 Å². The summed E-state index contributed by atoms with van der Waals surface area (Å²) in [5.74, 6) is 1.21. The van der Waals surface area contributed by atoms with Gasteiger partial charge in [0.05, 0.1) is 11.7 Å². The van der Waals surface area contributed by atoms with E-state index < -0.39 is 0 Å². The van der Waals surface area contributed by atoms with Crippen molar-refractivity contribution in [3.8, 4) is 11.1 Å². The van der Waals surface area contributed by atoms with E-state index in [9.17, 15) is 9.90 Å². The highest BCUT2D eigenvalue weighted by atomic mass is 16.5. The van der Waals surface area contributed by atoms with Crippen LogP contribution in [0.15, 0.2) is 36.5 Å². The molecular formula is C28H38N4O3. The van der Waals surface area contributed by atoms with Crippen molar-refractivity contribution < 1.29 is 14.6 Å². The SMILES string of the molecule is C[C@@H]1CN(C2CCOCC2)C[C@H]1c1ccc(-c2cnc(N)c(C(=O)N[C@H]3CC[C@H](O)CC3)c2)cc1. The molecule has 4 N–H and O–H groups in total. The number of rotatable bonds is 5. The van der Waals surface area contributed by atoms with E-state index in [0.717, 1.165) is 76.0 Å². The number of anilines is 1. The third-order valence-corrected chi connectivity index (χ3v) is 8.22.